The van der Waals surface area contributed by atoms with E-state index in [4.69, 9.17) is 10.5 Å². The third-order valence-electron chi connectivity index (χ3n) is 3.22. The van der Waals surface area contributed by atoms with Crippen molar-refractivity contribution in [2.45, 2.75) is 27.2 Å². The molecule has 2 heterocycles. The maximum Gasteiger partial charge on any atom is 0.339 e. The number of aryl methyl sites for hydroxylation is 1. The van der Waals surface area contributed by atoms with Gasteiger partial charge in [-0.25, -0.2) is 9.78 Å². The topological polar surface area (TPSA) is 126 Å². The molecule has 0 aliphatic rings. The van der Waals surface area contributed by atoms with E-state index in [1.165, 1.54) is 6.07 Å². The van der Waals surface area contributed by atoms with Gasteiger partial charge in [0.05, 0.1) is 10.6 Å². The largest absolute Gasteiger partial charge is 0.419 e. The van der Waals surface area contributed by atoms with Crippen LogP contribution in [0, 0.1) is 24.0 Å². The average molecular weight is 305 g/mol. The van der Waals surface area contributed by atoms with Crippen molar-refractivity contribution in [1.29, 1.82) is 0 Å². The molecule has 0 radical (unpaired) electrons. The molecule has 1 amide bonds. The van der Waals surface area contributed by atoms with Gasteiger partial charge in [0.25, 0.3) is 5.69 Å². The van der Waals surface area contributed by atoms with Gasteiger partial charge in [0.2, 0.25) is 11.8 Å². The minimum absolute atomic E-state index is 0.0955. The van der Waals surface area contributed by atoms with E-state index in [0.29, 0.717) is 17.7 Å². The fraction of sp³-hybridized carbons (Fsp3) is 0.308. The van der Waals surface area contributed by atoms with Gasteiger partial charge >= 0.3 is 6.03 Å². The number of amides is 1. The molecule has 0 aromatic carbocycles. The fourth-order valence-electron chi connectivity index (χ4n) is 2.08. The molecule has 0 fully saturated rings. The van der Waals surface area contributed by atoms with Crippen LogP contribution in [-0.4, -0.2) is 25.7 Å². The first-order valence-corrected chi connectivity index (χ1v) is 6.52. The Bertz CT molecular complexity index is 753. The molecule has 116 valence electrons. The molecule has 0 saturated carbocycles. The van der Waals surface area contributed by atoms with Crippen LogP contribution in [0.25, 0.3) is 0 Å². The molecule has 2 aromatic rings. The van der Waals surface area contributed by atoms with Gasteiger partial charge in [0.1, 0.15) is 6.20 Å². The van der Waals surface area contributed by atoms with Crippen molar-refractivity contribution in [3.63, 3.8) is 0 Å². The molecule has 22 heavy (non-hydrogen) atoms. The van der Waals surface area contributed by atoms with Gasteiger partial charge in [-0.05, 0) is 20.3 Å². The summed E-state index contributed by atoms with van der Waals surface area (Å²) in [7, 11) is 0. The Morgan fingerprint density at radius 2 is 2.18 bits per heavy atom. The summed E-state index contributed by atoms with van der Waals surface area (Å²) in [5.74, 6) is 0.367. The summed E-state index contributed by atoms with van der Waals surface area (Å²) in [4.78, 5) is 25.4. The van der Waals surface area contributed by atoms with E-state index in [9.17, 15) is 14.9 Å². The number of nitro groups is 1. The molecule has 0 spiro atoms. The average Bonchev–Trinajstić information content (AvgIpc) is 2.74. The molecule has 0 unspecified atom stereocenters. The SMILES string of the molecule is CCc1c(Oc2cc(C)c([N+](=O)[O-])cn2)nn(C(N)=O)c1C. The molecular formula is C13H15N5O4. The lowest BCUT2D eigenvalue weighted by molar-refractivity contribution is -0.385. The molecule has 0 bridgehead atoms. The fourth-order valence-corrected chi connectivity index (χ4v) is 2.08. The van der Waals surface area contributed by atoms with Crippen LogP contribution in [0.2, 0.25) is 0 Å². The van der Waals surface area contributed by atoms with Crippen LogP contribution < -0.4 is 10.5 Å². The van der Waals surface area contributed by atoms with Crippen LogP contribution in [-0.2, 0) is 6.42 Å². The summed E-state index contributed by atoms with van der Waals surface area (Å²) in [6, 6.07) is 0.728. The van der Waals surface area contributed by atoms with Gasteiger partial charge < -0.3 is 10.5 Å². The lowest BCUT2D eigenvalue weighted by atomic mass is 10.2. The molecule has 2 rings (SSSR count). The highest BCUT2D eigenvalue weighted by molar-refractivity contribution is 5.75. The Hall–Kier alpha value is -2.97. The van der Waals surface area contributed by atoms with Crippen LogP contribution >= 0.6 is 0 Å². The number of rotatable bonds is 4. The number of nitrogens with zero attached hydrogens (tertiary/aromatic N) is 4. The summed E-state index contributed by atoms with van der Waals surface area (Å²) in [6.07, 6.45) is 1.70. The summed E-state index contributed by atoms with van der Waals surface area (Å²) in [5, 5.41) is 14.8. The molecule has 2 N–H and O–H groups in total. The van der Waals surface area contributed by atoms with Crippen molar-refractivity contribution in [3.8, 4) is 11.8 Å². The van der Waals surface area contributed by atoms with Crippen LogP contribution in [0.5, 0.6) is 11.8 Å². The highest BCUT2D eigenvalue weighted by Crippen LogP contribution is 2.28. The first kappa shape index (κ1) is 15.4. The van der Waals surface area contributed by atoms with Gasteiger partial charge in [0.15, 0.2) is 0 Å². The number of hydrogen-bond acceptors (Lipinski definition) is 6. The first-order valence-electron chi connectivity index (χ1n) is 6.52. The van der Waals surface area contributed by atoms with Crippen LogP contribution in [0.15, 0.2) is 12.3 Å². The van der Waals surface area contributed by atoms with Crippen LogP contribution in [0.4, 0.5) is 10.5 Å². The number of pyridine rings is 1. The second kappa shape index (κ2) is 5.80. The van der Waals surface area contributed by atoms with Crippen molar-refractivity contribution < 1.29 is 14.5 Å². The molecular weight excluding hydrogens is 290 g/mol. The quantitative estimate of drug-likeness (QED) is 0.680. The Kier molecular flexibility index (Phi) is 4.06. The van der Waals surface area contributed by atoms with Crippen molar-refractivity contribution in [3.05, 3.63) is 39.2 Å². The van der Waals surface area contributed by atoms with E-state index in [-0.39, 0.29) is 17.4 Å². The minimum Gasteiger partial charge on any atom is -0.419 e. The summed E-state index contributed by atoms with van der Waals surface area (Å²) < 4.78 is 6.60. The second-order valence-corrected chi connectivity index (χ2v) is 4.64. The Morgan fingerprint density at radius 1 is 1.50 bits per heavy atom. The van der Waals surface area contributed by atoms with Crippen molar-refractivity contribution in [1.82, 2.24) is 14.8 Å². The zero-order chi connectivity index (χ0) is 16.4. The zero-order valence-corrected chi connectivity index (χ0v) is 12.4. The van der Waals surface area contributed by atoms with Gasteiger partial charge in [0, 0.05) is 17.2 Å². The number of carbonyl (C=O) groups is 1. The molecule has 0 aliphatic carbocycles. The number of ether oxygens (including phenoxy) is 1. The Labute approximate surface area is 125 Å². The molecule has 9 heteroatoms. The van der Waals surface area contributed by atoms with E-state index in [2.05, 4.69) is 10.1 Å². The van der Waals surface area contributed by atoms with E-state index in [0.717, 1.165) is 16.4 Å². The monoisotopic (exact) mass is 305 g/mol. The number of primary amides is 1. The second-order valence-electron chi connectivity index (χ2n) is 4.64. The normalized spacial score (nSPS) is 10.5. The number of aromatic nitrogens is 3. The van der Waals surface area contributed by atoms with E-state index in [1.807, 2.05) is 6.92 Å². The zero-order valence-electron chi connectivity index (χ0n) is 12.4. The van der Waals surface area contributed by atoms with Crippen molar-refractivity contribution >= 4 is 11.7 Å². The summed E-state index contributed by atoms with van der Waals surface area (Å²) in [6.45, 7) is 5.18. The minimum atomic E-state index is -0.713. The lowest BCUT2D eigenvalue weighted by Crippen LogP contribution is -2.22. The standard InChI is InChI=1S/C13H15N5O4/c1-4-9-8(3)17(13(14)19)16-12(9)22-11-5-7(2)10(6-15-11)18(20)21/h5-6H,4H2,1-3H3,(H2,14,19). The summed E-state index contributed by atoms with van der Waals surface area (Å²) >= 11 is 0. The van der Waals surface area contributed by atoms with Gasteiger partial charge in [-0.15, -0.1) is 5.10 Å². The van der Waals surface area contributed by atoms with E-state index in [1.54, 1.807) is 13.8 Å². The van der Waals surface area contributed by atoms with Gasteiger partial charge in [-0.3, -0.25) is 10.1 Å². The smallest absolute Gasteiger partial charge is 0.339 e. The molecule has 0 atom stereocenters. The summed E-state index contributed by atoms with van der Waals surface area (Å²) in [5.41, 5.74) is 6.86. The third-order valence-corrected chi connectivity index (χ3v) is 3.22. The number of carbonyl (C=O) groups excluding carboxylic acids is 1. The highest BCUT2D eigenvalue weighted by atomic mass is 16.6. The maximum atomic E-state index is 11.3. The lowest BCUT2D eigenvalue weighted by Gasteiger charge is -2.04. The number of hydrogen-bond donors (Lipinski definition) is 1. The maximum absolute atomic E-state index is 11.3. The van der Waals surface area contributed by atoms with Crippen molar-refractivity contribution in [2.24, 2.45) is 5.73 Å². The van der Waals surface area contributed by atoms with E-state index >= 15 is 0 Å². The molecule has 0 aliphatic heterocycles. The number of nitrogens with two attached hydrogens (primary N) is 1. The van der Waals surface area contributed by atoms with Crippen molar-refractivity contribution in [2.75, 3.05) is 0 Å². The third kappa shape index (κ3) is 2.73. The highest BCUT2D eigenvalue weighted by Gasteiger charge is 2.19. The Balaban J connectivity index is 2.39. The first-order chi connectivity index (χ1) is 10.3. The van der Waals surface area contributed by atoms with Gasteiger partial charge in [-0.2, -0.15) is 4.68 Å². The molecule has 2 aromatic heterocycles. The Morgan fingerprint density at radius 3 is 2.68 bits per heavy atom. The predicted molar refractivity (Wildman–Crippen MR) is 77.0 cm³/mol. The van der Waals surface area contributed by atoms with Crippen LogP contribution in [0.1, 0.15) is 23.7 Å². The van der Waals surface area contributed by atoms with E-state index < -0.39 is 11.0 Å². The molecule has 9 nitrogen and oxygen atoms in total. The van der Waals surface area contributed by atoms with Crippen LogP contribution in [0.3, 0.4) is 0 Å². The van der Waals surface area contributed by atoms with Gasteiger partial charge in [-0.1, -0.05) is 6.92 Å². The predicted octanol–water partition coefficient (Wildman–Crippen LogP) is 2.08. The molecule has 0 saturated heterocycles.